The maximum Gasteiger partial charge on any atom is 0.278 e. The van der Waals surface area contributed by atoms with Crippen LogP contribution in [-0.2, 0) is 14.3 Å². The molecule has 0 fully saturated rings. The average Bonchev–Trinajstić information content (AvgIpc) is 3.03. The number of methoxy groups -OCH3 is 3. The molecule has 3 rings (SSSR count). The summed E-state index contributed by atoms with van der Waals surface area (Å²) in [4.78, 5) is 38.0. The molecule has 10 heteroatoms. The van der Waals surface area contributed by atoms with Gasteiger partial charge in [0.25, 0.3) is 17.5 Å². The van der Waals surface area contributed by atoms with E-state index in [1.807, 2.05) is 0 Å². The number of non-ortho nitro benzene ring substituents is 1. The fourth-order valence-electron chi connectivity index (χ4n) is 3.33. The van der Waals surface area contributed by atoms with Crippen molar-refractivity contribution < 1.29 is 28.7 Å². The van der Waals surface area contributed by atoms with E-state index >= 15 is 0 Å². The van der Waals surface area contributed by atoms with E-state index < -0.39 is 16.7 Å². The molecule has 0 spiro atoms. The van der Waals surface area contributed by atoms with Crippen LogP contribution in [0.3, 0.4) is 0 Å². The van der Waals surface area contributed by atoms with Gasteiger partial charge in [-0.1, -0.05) is 0 Å². The summed E-state index contributed by atoms with van der Waals surface area (Å²) in [7, 11) is 4.53. The highest BCUT2D eigenvalue weighted by molar-refractivity contribution is 6.36. The van der Waals surface area contributed by atoms with Crippen LogP contribution in [0.5, 0.6) is 11.5 Å². The minimum absolute atomic E-state index is 0.0489. The number of hydrogen-bond donors (Lipinski definition) is 1. The lowest BCUT2D eigenvalue weighted by atomic mass is 10.0. The second-order valence-corrected chi connectivity index (χ2v) is 6.85. The van der Waals surface area contributed by atoms with E-state index in [-0.39, 0.29) is 23.5 Å². The number of imide groups is 1. The van der Waals surface area contributed by atoms with Crippen LogP contribution in [0.15, 0.2) is 48.2 Å². The summed E-state index contributed by atoms with van der Waals surface area (Å²) in [6.45, 7) is 0.554. The van der Waals surface area contributed by atoms with Crippen molar-refractivity contribution in [1.29, 1.82) is 0 Å². The van der Waals surface area contributed by atoms with Gasteiger partial charge in [0.15, 0.2) is 0 Å². The molecule has 2 amide bonds. The number of rotatable bonds is 10. The summed E-state index contributed by atoms with van der Waals surface area (Å²) in [5.41, 5.74) is 0.862. The van der Waals surface area contributed by atoms with Crippen LogP contribution < -0.4 is 14.8 Å². The lowest BCUT2D eigenvalue weighted by molar-refractivity contribution is -0.384. The fourth-order valence-corrected chi connectivity index (χ4v) is 3.33. The Morgan fingerprint density at radius 2 is 1.72 bits per heavy atom. The third-order valence-corrected chi connectivity index (χ3v) is 4.93. The Hall–Kier alpha value is -3.92. The number of amides is 2. The van der Waals surface area contributed by atoms with Crippen molar-refractivity contribution in [2.75, 3.05) is 39.8 Å². The lowest BCUT2D eigenvalue weighted by Crippen LogP contribution is -2.33. The predicted molar refractivity (Wildman–Crippen MR) is 116 cm³/mol. The van der Waals surface area contributed by atoms with Gasteiger partial charge in [-0.25, -0.2) is 0 Å². The molecule has 2 aromatic rings. The lowest BCUT2D eigenvalue weighted by Gasteiger charge is -2.16. The van der Waals surface area contributed by atoms with Crippen LogP contribution >= 0.6 is 0 Å². The Bertz CT molecular complexity index is 1060. The molecule has 0 atom stereocenters. The van der Waals surface area contributed by atoms with Gasteiger partial charge in [0.1, 0.15) is 17.2 Å². The molecule has 168 valence electrons. The summed E-state index contributed by atoms with van der Waals surface area (Å²) >= 11 is 0. The second-order valence-electron chi connectivity index (χ2n) is 6.85. The van der Waals surface area contributed by atoms with Crippen molar-refractivity contribution in [2.45, 2.75) is 6.42 Å². The largest absolute Gasteiger partial charge is 0.497 e. The average molecular weight is 441 g/mol. The molecule has 1 heterocycles. The van der Waals surface area contributed by atoms with Gasteiger partial charge in [-0.15, -0.1) is 0 Å². The highest BCUT2D eigenvalue weighted by Gasteiger charge is 2.39. The van der Waals surface area contributed by atoms with Crippen molar-refractivity contribution in [3.05, 3.63) is 63.8 Å². The number of nitro benzene ring substituents is 1. The van der Waals surface area contributed by atoms with Gasteiger partial charge in [0.2, 0.25) is 0 Å². The van der Waals surface area contributed by atoms with Crippen molar-refractivity contribution >= 4 is 28.8 Å². The number of carbonyl (C=O) groups excluding carboxylic acids is 2. The van der Waals surface area contributed by atoms with Crippen molar-refractivity contribution in [1.82, 2.24) is 4.90 Å². The molecule has 0 unspecified atom stereocenters. The first-order valence-corrected chi connectivity index (χ1v) is 9.74. The van der Waals surface area contributed by atoms with Crippen LogP contribution in [-0.4, -0.2) is 56.1 Å². The number of nitro groups is 1. The molecule has 0 bridgehead atoms. The number of benzene rings is 2. The molecule has 1 N–H and O–H groups in total. The Morgan fingerprint density at radius 1 is 1.00 bits per heavy atom. The SMILES string of the molecule is COCCCN1C(=O)C(Nc2cc(OC)ccc2OC)=C(c2ccc([N+](=O)[O-])cc2)C1=O. The Labute approximate surface area is 184 Å². The van der Waals surface area contributed by atoms with Gasteiger partial charge in [-0.2, -0.15) is 0 Å². The summed E-state index contributed by atoms with van der Waals surface area (Å²) in [5, 5.41) is 14.0. The molecule has 0 saturated carbocycles. The fraction of sp³-hybridized carbons (Fsp3) is 0.273. The third kappa shape index (κ3) is 4.54. The predicted octanol–water partition coefficient (Wildman–Crippen LogP) is 2.84. The smallest absolute Gasteiger partial charge is 0.278 e. The zero-order chi connectivity index (χ0) is 23.3. The summed E-state index contributed by atoms with van der Waals surface area (Å²) in [5.74, 6) is -0.0346. The number of carbonyl (C=O) groups is 2. The number of hydrogen-bond acceptors (Lipinski definition) is 8. The van der Waals surface area contributed by atoms with E-state index in [9.17, 15) is 19.7 Å². The van der Waals surface area contributed by atoms with Gasteiger partial charge in [0, 0.05) is 38.5 Å². The molecule has 32 heavy (non-hydrogen) atoms. The molecule has 0 aliphatic carbocycles. The normalized spacial score (nSPS) is 13.5. The maximum atomic E-state index is 13.2. The van der Waals surface area contributed by atoms with Crippen molar-refractivity contribution in [3.8, 4) is 11.5 Å². The first kappa shape index (κ1) is 22.8. The van der Waals surface area contributed by atoms with E-state index in [0.29, 0.717) is 35.8 Å². The minimum Gasteiger partial charge on any atom is -0.497 e. The van der Waals surface area contributed by atoms with Gasteiger partial charge < -0.3 is 19.5 Å². The number of nitrogens with zero attached hydrogens (tertiary/aromatic N) is 2. The summed E-state index contributed by atoms with van der Waals surface area (Å²) in [6.07, 6.45) is 0.470. The minimum atomic E-state index is -0.531. The maximum absolute atomic E-state index is 13.2. The van der Waals surface area contributed by atoms with Crippen LogP contribution in [0.4, 0.5) is 11.4 Å². The molecule has 1 aliphatic heterocycles. The van der Waals surface area contributed by atoms with E-state index in [1.165, 1.54) is 45.6 Å². The number of nitrogens with one attached hydrogen (secondary N) is 1. The molecule has 0 aromatic heterocycles. The van der Waals surface area contributed by atoms with Gasteiger partial charge in [-0.05, 0) is 36.2 Å². The van der Waals surface area contributed by atoms with E-state index in [0.717, 1.165) is 4.90 Å². The zero-order valence-corrected chi connectivity index (χ0v) is 17.9. The standard InChI is InChI=1S/C22H23N3O7/c1-30-12-4-11-24-21(26)19(14-5-7-15(8-6-14)25(28)29)20(22(24)27)23-17-13-16(31-2)9-10-18(17)32-3/h5-10,13,23H,4,11-12H2,1-3H3. The molecule has 10 nitrogen and oxygen atoms in total. The molecular formula is C22H23N3O7. The van der Waals surface area contributed by atoms with Crippen LogP contribution in [0.25, 0.3) is 5.57 Å². The topological polar surface area (TPSA) is 120 Å². The Kier molecular flexibility index (Phi) is 7.06. The number of ether oxygens (including phenoxy) is 3. The van der Waals surface area contributed by atoms with E-state index in [2.05, 4.69) is 5.32 Å². The Balaban J connectivity index is 2.06. The molecule has 0 radical (unpaired) electrons. The first-order valence-electron chi connectivity index (χ1n) is 9.74. The molecular weight excluding hydrogens is 418 g/mol. The third-order valence-electron chi connectivity index (χ3n) is 4.93. The second kappa shape index (κ2) is 9.92. The van der Waals surface area contributed by atoms with Gasteiger partial charge >= 0.3 is 0 Å². The number of anilines is 1. The monoisotopic (exact) mass is 441 g/mol. The molecule has 1 aliphatic rings. The highest BCUT2D eigenvalue weighted by Crippen LogP contribution is 2.35. The van der Waals surface area contributed by atoms with E-state index in [4.69, 9.17) is 14.2 Å². The van der Waals surface area contributed by atoms with Gasteiger partial charge in [-0.3, -0.25) is 24.6 Å². The van der Waals surface area contributed by atoms with Crippen LogP contribution in [0.1, 0.15) is 12.0 Å². The van der Waals surface area contributed by atoms with E-state index in [1.54, 1.807) is 18.2 Å². The first-order chi connectivity index (χ1) is 15.4. The van der Waals surface area contributed by atoms with Crippen molar-refractivity contribution in [2.24, 2.45) is 0 Å². The van der Waals surface area contributed by atoms with Crippen molar-refractivity contribution in [3.63, 3.8) is 0 Å². The van der Waals surface area contributed by atoms with Crippen LogP contribution in [0, 0.1) is 10.1 Å². The Morgan fingerprint density at radius 3 is 2.31 bits per heavy atom. The molecule has 2 aromatic carbocycles. The zero-order valence-electron chi connectivity index (χ0n) is 17.9. The van der Waals surface area contributed by atoms with Crippen LogP contribution in [0.2, 0.25) is 0 Å². The summed E-state index contributed by atoms with van der Waals surface area (Å²) in [6, 6.07) is 10.5. The van der Waals surface area contributed by atoms with Gasteiger partial charge in [0.05, 0.1) is 30.4 Å². The summed E-state index contributed by atoms with van der Waals surface area (Å²) < 4.78 is 15.6. The quantitative estimate of drug-likeness (QED) is 0.259. The highest BCUT2D eigenvalue weighted by atomic mass is 16.6. The molecule has 0 saturated heterocycles.